The molecule has 0 saturated carbocycles. The van der Waals surface area contributed by atoms with E-state index >= 15 is 0 Å². The summed E-state index contributed by atoms with van der Waals surface area (Å²) in [5, 5.41) is 2.68. The van der Waals surface area contributed by atoms with Crippen LogP contribution in [0.25, 0.3) is 0 Å². The van der Waals surface area contributed by atoms with E-state index in [0.29, 0.717) is 90.9 Å². The predicted molar refractivity (Wildman–Crippen MR) is 199 cm³/mol. The highest BCUT2D eigenvalue weighted by Gasteiger charge is 2.38. The molecule has 288 valence electrons. The smallest absolute Gasteiger partial charge is 0.329 e. The number of carbonyl (C=O) groups is 3. The molecule has 0 aromatic heterocycles. The molecule has 3 atom stereocenters. The predicted octanol–water partition coefficient (Wildman–Crippen LogP) is 4.98. The fourth-order valence-corrected chi connectivity index (χ4v) is 6.56. The molecule has 2 amide bonds. The molecule has 53 heavy (non-hydrogen) atoms. The lowest BCUT2D eigenvalue weighted by Gasteiger charge is -2.37. The number of rotatable bonds is 19. The molecule has 0 radical (unpaired) electrons. The van der Waals surface area contributed by atoms with Gasteiger partial charge < -0.3 is 49.1 Å². The van der Waals surface area contributed by atoms with Crippen molar-refractivity contribution in [1.82, 2.24) is 10.2 Å². The Hall–Kier alpha value is -5.17. The molecular formula is C40H53N3O10. The first-order valence-electron chi connectivity index (χ1n) is 17.9. The number of carbonyl (C=O) groups excluding carboxylic acids is 3. The van der Waals surface area contributed by atoms with Crippen molar-refractivity contribution in [1.29, 1.82) is 0 Å². The van der Waals surface area contributed by atoms with Gasteiger partial charge in [0.2, 0.25) is 11.7 Å². The third kappa shape index (κ3) is 10.5. The summed E-state index contributed by atoms with van der Waals surface area (Å²) in [6.07, 6.45) is 2.77. The minimum Gasteiger partial charge on any atom is -0.493 e. The van der Waals surface area contributed by atoms with Gasteiger partial charge in [-0.25, -0.2) is 4.79 Å². The summed E-state index contributed by atoms with van der Waals surface area (Å²) in [6, 6.07) is 15.6. The Morgan fingerprint density at radius 3 is 2.21 bits per heavy atom. The number of hydrogen-bond donors (Lipinski definition) is 2. The summed E-state index contributed by atoms with van der Waals surface area (Å²) in [4.78, 5) is 42.4. The van der Waals surface area contributed by atoms with E-state index in [9.17, 15) is 14.4 Å². The first-order valence-corrected chi connectivity index (χ1v) is 17.9. The number of nitrogens with zero attached hydrogens (tertiary/aromatic N) is 1. The summed E-state index contributed by atoms with van der Waals surface area (Å²) < 4.78 is 39.6. The Morgan fingerprint density at radius 2 is 1.57 bits per heavy atom. The van der Waals surface area contributed by atoms with Gasteiger partial charge in [-0.3, -0.25) is 9.59 Å². The average Bonchev–Trinajstić information content (AvgIpc) is 3.20. The lowest BCUT2D eigenvalue weighted by molar-refractivity contribution is -0.162. The zero-order valence-electron chi connectivity index (χ0n) is 31.6. The van der Waals surface area contributed by atoms with Crippen molar-refractivity contribution in [2.24, 2.45) is 5.73 Å². The number of methoxy groups -OCH3 is 5. The second kappa shape index (κ2) is 20.2. The molecule has 13 heteroatoms. The molecule has 1 fully saturated rings. The highest BCUT2D eigenvalue weighted by Crippen LogP contribution is 2.41. The topological polar surface area (TPSA) is 157 Å². The zero-order valence-corrected chi connectivity index (χ0v) is 31.6. The van der Waals surface area contributed by atoms with Crippen molar-refractivity contribution in [2.75, 3.05) is 61.8 Å². The largest absolute Gasteiger partial charge is 0.493 e. The molecule has 3 N–H and O–H groups in total. The SMILES string of the molecule is CC[C@H](C(=O)N1CCCC[C@H]1C(=O)OC(CCc1ccc(OC)c(OC)c1)c1cccc(OCC(=O)NCCN)c1)c1cc(OC)c(OC)c(OC)c1. The van der Waals surface area contributed by atoms with Crippen molar-refractivity contribution >= 4 is 17.8 Å². The second-order valence-corrected chi connectivity index (χ2v) is 12.6. The van der Waals surface area contributed by atoms with E-state index in [1.165, 1.54) is 21.3 Å². The molecule has 3 aromatic carbocycles. The van der Waals surface area contributed by atoms with Gasteiger partial charge in [0.15, 0.2) is 29.6 Å². The van der Waals surface area contributed by atoms with E-state index in [4.69, 9.17) is 38.9 Å². The fraction of sp³-hybridized carbons (Fsp3) is 0.475. The number of esters is 1. The number of nitrogens with one attached hydrogen (secondary N) is 1. The zero-order chi connectivity index (χ0) is 38.3. The molecule has 1 heterocycles. The van der Waals surface area contributed by atoms with E-state index in [-0.39, 0.29) is 18.4 Å². The number of benzene rings is 3. The third-order valence-electron chi connectivity index (χ3n) is 9.32. The minimum atomic E-state index is -0.776. The van der Waals surface area contributed by atoms with Gasteiger partial charge in [-0.1, -0.05) is 25.1 Å². The van der Waals surface area contributed by atoms with Crippen LogP contribution in [0.5, 0.6) is 34.5 Å². The maximum atomic E-state index is 14.3. The highest BCUT2D eigenvalue weighted by molar-refractivity contribution is 5.89. The molecule has 0 bridgehead atoms. The molecule has 1 unspecified atom stereocenters. The van der Waals surface area contributed by atoms with Gasteiger partial charge >= 0.3 is 5.97 Å². The Labute approximate surface area is 311 Å². The van der Waals surface area contributed by atoms with Gasteiger partial charge in [-0.2, -0.15) is 0 Å². The van der Waals surface area contributed by atoms with Crippen molar-refractivity contribution in [3.05, 3.63) is 71.3 Å². The molecule has 1 aliphatic heterocycles. The van der Waals surface area contributed by atoms with Crippen LogP contribution in [0, 0.1) is 0 Å². The normalized spacial score (nSPS) is 15.1. The van der Waals surface area contributed by atoms with Crippen LogP contribution in [0.3, 0.4) is 0 Å². The van der Waals surface area contributed by atoms with Crippen molar-refractivity contribution in [3.63, 3.8) is 0 Å². The lowest BCUT2D eigenvalue weighted by atomic mass is 9.91. The van der Waals surface area contributed by atoms with E-state index in [2.05, 4.69) is 5.32 Å². The molecule has 1 saturated heterocycles. The van der Waals surface area contributed by atoms with Crippen molar-refractivity contribution in [3.8, 4) is 34.5 Å². The molecule has 3 aromatic rings. The number of hydrogen-bond acceptors (Lipinski definition) is 11. The first-order chi connectivity index (χ1) is 25.7. The number of likely N-dealkylation sites (tertiary alicyclic amines) is 1. The third-order valence-corrected chi connectivity index (χ3v) is 9.32. The second-order valence-electron chi connectivity index (χ2n) is 12.6. The quantitative estimate of drug-likeness (QED) is 0.160. The number of piperidine rings is 1. The Morgan fingerprint density at radius 1 is 0.849 bits per heavy atom. The van der Waals surface area contributed by atoms with Crippen molar-refractivity contribution < 1.29 is 47.5 Å². The fourth-order valence-electron chi connectivity index (χ4n) is 6.56. The van der Waals surface area contributed by atoms with Gasteiger partial charge in [-0.05, 0) is 91.6 Å². The molecule has 13 nitrogen and oxygen atoms in total. The van der Waals surface area contributed by atoms with Crippen molar-refractivity contribution in [2.45, 2.75) is 63.5 Å². The standard InChI is InChI=1S/C40H53N3O10/c1-7-30(28-23-35(49-4)38(51-6)36(24-28)50-5)39(45)43-20-9-8-13-31(43)40(46)53-32(16-14-26-15-17-33(47-2)34(21-26)48-3)27-11-10-12-29(22-27)52-25-37(44)42-19-18-41/h10-12,15,17,21-24,30-32H,7-9,13-14,16,18-20,25,41H2,1-6H3,(H,42,44)/t30-,31-,32?/m0/s1. The Balaban J connectivity index is 1.60. The number of aryl methyl sites for hydroxylation is 1. The number of ether oxygens (including phenoxy) is 7. The van der Waals surface area contributed by atoms with Gasteiger partial charge in [0.25, 0.3) is 5.91 Å². The maximum absolute atomic E-state index is 14.3. The molecule has 0 spiro atoms. The lowest BCUT2D eigenvalue weighted by Crippen LogP contribution is -2.50. The first kappa shape index (κ1) is 40.6. The molecule has 4 rings (SSSR count). The van der Waals surface area contributed by atoms with Gasteiger partial charge in [0.05, 0.1) is 41.5 Å². The van der Waals surface area contributed by atoms with Crippen LogP contribution in [0.1, 0.15) is 67.7 Å². The van der Waals surface area contributed by atoms with Gasteiger partial charge in [0.1, 0.15) is 17.9 Å². The summed E-state index contributed by atoms with van der Waals surface area (Å²) in [5.41, 5.74) is 7.84. The van der Waals surface area contributed by atoms with Crippen LogP contribution >= 0.6 is 0 Å². The van der Waals surface area contributed by atoms with Crippen LogP contribution < -0.4 is 39.5 Å². The number of nitrogens with two attached hydrogens (primary N) is 1. The van der Waals surface area contributed by atoms with Crippen LogP contribution in [-0.4, -0.2) is 90.5 Å². The minimum absolute atomic E-state index is 0.173. The van der Waals surface area contributed by atoms with E-state index in [1.807, 2.05) is 31.2 Å². The Kier molecular flexibility index (Phi) is 15.5. The monoisotopic (exact) mass is 735 g/mol. The summed E-state index contributed by atoms with van der Waals surface area (Å²) in [7, 11) is 7.75. The van der Waals surface area contributed by atoms with Crippen LogP contribution in [-0.2, 0) is 25.5 Å². The Bertz CT molecular complexity index is 1660. The van der Waals surface area contributed by atoms with Crippen LogP contribution in [0.4, 0.5) is 0 Å². The number of amides is 2. The molecule has 1 aliphatic rings. The van der Waals surface area contributed by atoms with E-state index in [0.717, 1.165) is 18.4 Å². The van der Waals surface area contributed by atoms with E-state index in [1.54, 1.807) is 49.5 Å². The highest BCUT2D eigenvalue weighted by atomic mass is 16.5. The van der Waals surface area contributed by atoms with Crippen LogP contribution in [0.2, 0.25) is 0 Å². The maximum Gasteiger partial charge on any atom is 0.329 e. The summed E-state index contributed by atoms with van der Waals surface area (Å²) in [5.74, 6) is 1.47. The van der Waals surface area contributed by atoms with Gasteiger partial charge in [-0.15, -0.1) is 0 Å². The van der Waals surface area contributed by atoms with E-state index < -0.39 is 24.0 Å². The molecular weight excluding hydrogens is 682 g/mol. The van der Waals surface area contributed by atoms with Crippen LogP contribution in [0.15, 0.2) is 54.6 Å². The average molecular weight is 736 g/mol. The summed E-state index contributed by atoms with van der Waals surface area (Å²) >= 11 is 0. The summed E-state index contributed by atoms with van der Waals surface area (Å²) in [6.45, 7) is 2.83. The van der Waals surface area contributed by atoms with Gasteiger partial charge in [0, 0.05) is 19.6 Å². The molecule has 0 aliphatic carbocycles.